The lowest BCUT2D eigenvalue weighted by Gasteiger charge is -2.34. The molecule has 2 unspecified atom stereocenters. The molecule has 0 aliphatic carbocycles. The van der Waals surface area contributed by atoms with Crippen molar-refractivity contribution in [1.29, 1.82) is 0 Å². The number of halogens is 2. The number of benzene rings is 3. The minimum absolute atomic E-state index is 0.00235. The largest absolute Gasteiger partial charge is 0.352 e. The van der Waals surface area contributed by atoms with E-state index in [9.17, 15) is 22.4 Å². The molecule has 0 saturated carbocycles. The number of para-hydroxylation sites is 1. The maximum Gasteiger partial charge on any atom is 0.264 e. The summed E-state index contributed by atoms with van der Waals surface area (Å²) in [6.45, 7) is 6.80. The van der Waals surface area contributed by atoms with Gasteiger partial charge in [-0.25, -0.2) is 12.8 Å². The van der Waals surface area contributed by atoms with Crippen LogP contribution < -0.4 is 9.62 Å². The van der Waals surface area contributed by atoms with Crippen molar-refractivity contribution in [1.82, 2.24) is 10.2 Å². The lowest BCUT2D eigenvalue weighted by Crippen LogP contribution is -2.53. The Morgan fingerprint density at radius 2 is 1.57 bits per heavy atom. The van der Waals surface area contributed by atoms with Crippen LogP contribution >= 0.6 is 11.6 Å². The van der Waals surface area contributed by atoms with Crippen LogP contribution in [-0.4, -0.2) is 43.8 Å². The predicted octanol–water partition coefficient (Wildman–Crippen LogP) is 5.70. The van der Waals surface area contributed by atoms with E-state index in [1.807, 2.05) is 20.8 Å². The first-order valence-electron chi connectivity index (χ1n) is 13.2. The molecule has 0 saturated heterocycles. The van der Waals surface area contributed by atoms with Crippen molar-refractivity contribution < 1.29 is 22.4 Å². The van der Waals surface area contributed by atoms with Gasteiger partial charge in [-0.3, -0.25) is 13.9 Å². The second-order valence-electron chi connectivity index (χ2n) is 9.67. The van der Waals surface area contributed by atoms with E-state index in [4.69, 9.17) is 11.6 Å². The zero-order valence-electron chi connectivity index (χ0n) is 23.1. The first-order chi connectivity index (χ1) is 19.0. The molecule has 1 N–H and O–H groups in total. The number of sulfonamides is 1. The van der Waals surface area contributed by atoms with Crippen LogP contribution in [0.15, 0.2) is 77.7 Å². The number of hydrogen-bond acceptors (Lipinski definition) is 4. The van der Waals surface area contributed by atoms with Crippen molar-refractivity contribution in [3.63, 3.8) is 0 Å². The highest BCUT2D eigenvalue weighted by atomic mass is 35.5. The summed E-state index contributed by atoms with van der Waals surface area (Å²) in [5.41, 5.74) is 1.61. The molecule has 0 aromatic heterocycles. The molecule has 0 bridgehead atoms. The van der Waals surface area contributed by atoms with Gasteiger partial charge in [0.2, 0.25) is 11.8 Å². The molecule has 0 aliphatic rings. The van der Waals surface area contributed by atoms with Gasteiger partial charge in [0.05, 0.1) is 15.6 Å². The summed E-state index contributed by atoms with van der Waals surface area (Å²) in [7, 11) is -4.22. The second kappa shape index (κ2) is 13.8. The van der Waals surface area contributed by atoms with E-state index >= 15 is 0 Å². The lowest BCUT2D eigenvalue weighted by atomic mass is 10.1. The monoisotopic (exact) mass is 587 g/mol. The van der Waals surface area contributed by atoms with Crippen LogP contribution in [0.1, 0.15) is 44.7 Å². The highest BCUT2D eigenvalue weighted by Gasteiger charge is 2.34. The average Bonchev–Trinajstić information content (AvgIpc) is 2.93. The maximum absolute atomic E-state index is 14.0. The fourth-order valence-corrected chi connectivity index (χ4v) is 5.87. The number of hydrogen-bond donors (Lipinski definition) is 1. The average molecular weight is 588 g/mol. The number of anilines is 1. The third-order valence-corrected chi connectivity index (χ3v) is 8.76. The van der Waals surface area contributed by atoms with Gasteiger partial charge in [-0.2, -0.15) is 0 Å². The Morgan fingerprint density at radius 3 is 2.15 bits per heavy atom. The summed E-state index contributed by atoms with van der Waals surface area (Å²) < 4.78 is 42.3. The Morgan fingerprint density at radius 1 is 0.950 bits per heavy atom. The summed E-state index contributed by atoms with van der Waals surface area (Å²) in [4.78, 5) is 28.6. The molecule has 3 aromatic rings. The van der Waals surface area contributed by atoms with Gasteiger partial charge in [-0.05, 0) is 68.7 Å². The Bertz CT molecular complexity index is 1420. The molecule has 2 atom stereocenters. The number of nitrogens with zero attached hydrogens (tertiary/aromatic N) is 2. The van der Waals surface area contributed by atoms with Gasteiger partial charge in [0.1, 0.15) is 18.4 Å². The SMILES string of the molecule is CCC(C)NC(=O)C(CC)N(Cc1ccc(F)cc1)C(=O)CN(c1ccccc1Cl)S(=O)(=O)c1ccc(C)cc1. The summed E-state index contributed by atoms with van der Waals surface area (Å²) in [6.07, 6.45) is 0.981. The van der Waals surface area contributed by atoms with Crippen LogP contribution in [-0.2, 0) is 26.2 Å². The third-order valence-electron chi connectivity index (χ3n) is 6.66. The molecule has 3 aromatic carbocycles. The fourth-order valence-electron chi connectivity index (χ4n) is 4.15. The van der Waals surface area contributed by atoms with Gasteiger partial charge in [0.15, 0.2) is 0 Å². The fraction of sp³-hybridized carbons (Fsp3) is 0.333. The highest BCUT2D eigenvalue weighted by molar-refractivity contribution is 7.92. The van der Waals surface area contributed by atoms with Gasteiger partial charge in [0.25, 0.3) is 10.0 Å². The first-order valence-corrected chi connectivity index (χ1v) is 15.0. The number of nitrogens with one attached hydrogen (secondary N) is 1. The molecule has 0 fully saturated rings. The minimum atomic E-state index is -4.22. The minimum Gasteiger partial charge on any atom is -0.352 e. The number of rotatable bonds is 12. The molecule has 40 heavy (non-hydrogen) atoms. The van der Waals surface area contributed by atoms with E-state index in [1.165, 1.54) is 47.4 Å². The van der Waals surface area contributed by atoms with Crippen LogP contribution in [0.4, 0.5) is 10.1 Å². The molecule has 214 valence electrons. The summed E-state index contributed by atoms with van der Waals surface area (Å²) >= 11 is 6.43. The topological polar surface area (TPSA) is 86.8 Å². The normalized spacial score (nSPS) is 12.8. The van der Waals surface area contributed by atoms with Gasteiger partial charge in [0, 0.05) is 12.6 Å². The van der Waals surface area contributed by atoms with Crippen molar-refractivity contribution >= 4 is 39.1 Å². The Labute approximate surface area is 241 Å². The molecule has 2 amide bonds. The van der Waals surface area contributed by atoms with E-state index in [-0.39, 0.29) is 40.5 Å². The second-order valence-corrected chi connectivity index (χ2v) is 11.9. The standard InChI is InChI=1S/C30H35ClFN3O4S/c1-5-22(4)33-30(37)27(6-2)34(19-23-13-15-24(32)16-14-23)29(36)20-35(28-10-8-7-9-26(28)31)40(38,39)25-17-11-21(3)12-18-25/h7-18,22,27H,5-6,19-20H2,1-4H3,(H,33,37). The van der Waals surface area contributed by atoms with Gasteiger partial charge in [-0.15, -0.1) is 0 Å². The zero-order chi connectivity index (χ0) is 29.4. The van der Waals surface area contributed by atoms with Gasteiger partial charge in [-0.1, -0.05) is 67.4 Å². The lowest BCUT2D eigenvalue weighted by molar-refractivity contribution is -0.140. The molecule has 0 heterocycles. The van der Waals surface area contributed by atoms with Crippen molar-refractivity contribution in [3.05, 3.63) is 94.8 Å². The predicted molar refractivity (Wildman–Crippen MR) is 156 cm³/mol. The van der Waals surface area contributed by atoms with Gasteiger partial charge < -0.3 is 10.2 Å². The van der Waals surface area contributed by atoms with E-state index in [0.29, 0.717) is 12.0 Å². The van der Waals surface area contributed by atoms with E-state index in [1.54, 1.807) is 37.3 Å². The van der Waals surface area contributed by atoms with Crippen LogP contribution in [0.2, 0.25) is 5.02 Å². The maximum atomic E-state index is 14.0. The first kappa shape index (κ1) is 31.1. The van der Waals surface area contributed by atoms with Crippen molar-refractivity contribution in [2.24, 2.45) is 0 Å². The molecule has 10 heteroatoms. The Balaban J connectivity index is 2.06. The number of aryl methyl sites for hydroxylation is 1. The van der Waals surface area contributed by atoms with E-state index in [2.05, 4.69) is 5.32 Å². The zero-order valence-corrected chi connectivity index (χ0v) is 24.7. The van der Waals surface area contributed by atoms with Gasteiger partial charge >= 0.3 is 0 Å². The molecular formula is C30H35ClFN3O4S. The van der Waals surface area contributed by atoms with Crippen molar-refractivity contribution in [2.45, 2.75) is 64.1 Å². The molecule has 0 aliphatic heterocycles. The van der Waals surface area contributed by atoms with E-state index in [0.717, 1.165) is 9.87 Å². The van der Waals surface area contributed by atoms with Crippen LogP contribution in [0.3, 0.4) is 0 Å². The Hall–Kier alpha value is -3.43. The Kier molecular flexibility index (Phi) is 10.7. The molecule has 0 radical (unpaired) electrons. The van der Waals surface area contributed by atoms with Crippen LogP contribution in [0.25, 0.3) is 0 Å². The van der Waals surface area contributed by atoms with Crippen molar-refractivity contribution in [2.75, 3.05) is 10.8 Å². The number of carbonyl (C=O) groups is 2. The highest BCUT2D eigenvalue weighted by Crippen LogP contribution is 2.31. The molecular weight excluding hydrogens is 553 g/mol. The molecule has 0 spiro atoms. The third kappa shape index (κ3) is 7.61. The summed E-state index contributed by atoms with van der Waals surface area (Å²) in [6, 6.07) is 17.3. The molecule has 3 rings (SSSR count). The van der Waals surface area contributed by atoms with Crippen LogP contribution in [0, 0.1) is 12.7 Å². The summed E-state index contributed by atoms with van der Waals surface area (Å²) in [5.74, 6) is -1.39. The van der Waals surface area contributed by atoms with Crippen LogP contribution in [0.5, 0.6) is 0 Å². The smallest absolute Gasteiger partial charge is 0.264 e. The quantitative estimate of drug-likeness (QED) is 0.294. The summed E-state index contributed by atoms with van der Waals surface area (Å²) in [5, 5.41) is 3.07. The van der Waals surface area contributed by atoms with Crippen molar-refractivity contribution in [3.8, 4) is 0 Å². The number of carbonyl (C=O) groups excluding carboxylic acids is 2. The number of amides is 2. The molecule has 7 nitrogen and oxygen atoms in total. The van der Waals surface area contributed by atoms with E-state index < -0.39 is 34.3 Å².